The largest absolute Gasteiger partial charge is 0.399 e. The Kier molecular flexibility index (Phi) is 4.74. The molecule has 2 aromatic rings. The van der Waals surface area contributed by atoms with Crippen molar-refractivity contribution in [3.05, 3.63) is 51.1 Å². The van der Waals surface area contributed by atoms with Crippen molar-refractivity contribution in [2.75, 3.05) is 11.1 Å². The van der Waals surface area contributed by atoms with Crippen LogP contribution in [0.15, 0.2) is 39.9 Å². The molecule has 7 heteroatoms. The number of nitrogens with zero attached hydrogens (tertiary/aromatic N) is 2. The Morgan fingerprint density at radius 2 is 2.24 bits per heavy atom. The van der Waals surface area contributed by atoms with Crippen LogP contribution in [-0.2, 0) is 11.3 Å². The molecule has 0 atom stereocenters. The molecule has 1 amide bonds. The highest BCUT2D eigenvalue weighted by Gasteiger charge is 2.08. The lowest BCUT2D eigenvalue weighted by Crippen LogP contribution is -2.24. The van der Waals surface area contributed by atoms with Gasteiger partial charge in [0.25, 0.3) is 5.56 Å². The first kappa shape index (κ1) is 15.2. The van der Waals surface area contributed by atoms with E-state index in [1.807, 2.05) is 0 Å². The molecule has 6 nitrogen and oxygen atoms in total. The summed E-state index contributed by atoms with van der Waals surface area (Å²) < 4.78 is 1.82. The van der Waals surface area contributed by atoms with E-state index >= 15 is 0 Å². The smallest absolute Gasteiger partial charge is 0.267 e. The molecule has 0 unspecified atom stereocenters. The number of benzene rings is 1. The van der Waals surface area contributed by atoms with Gasteiger partial charge in [-0.05, 0) is 41.1 Å². The van der Waals surface area contributed by atoms with Crippen LogP contribution in [0.1, 0.15) is 12.1 Å². The van der Waals surface area contributed by atoms with Crippen molar-refractivity contribution in [2.45, 2.75) is 19.9 Å². The normalized spacial score (nSPS) is 10.4. The van der Waals surface area contributed by atoms with Crippen LogP contribution in [0.5, 0.6) is 0 Å². The maximum absolute atomic E-state index is 11.9. The second kappa shape index (κ2) is 6.53. The van der Waals surface area contributed by atoms with Crippen LogP contribution in [0.4, 0.5) is 11.4 Å². The molecule has 0 aliphatic rings. The van der Waals surface area contributed by atoms with Gasteiger partial charge in [-0.2, -0.15) is 0 Å². The summed E-state index contributed by atoms with van der Waals surface area (Å²) in [4.78, 5) is 27.9. The lowest BCUT2D eigenvalue weighted by Gasteiger charge is -2.08. The first-order valence-corrected chi connectivity index (χ1v) is 7.13. The first-order valence-electron chi connectivity index (χ1n) is 6.34. The first-order chi connectivity index (χ1) is 9.97. The third kappa shape index (κ3) is 3.91. The minimum absolute atomic E-state index is 0.173. The van der Waals surface area contributed by atoms with Crippen LogP contribution in [0.2, 0.25) is 0 Å². The summed E-state index contributed by atoms with van der Waals surface area (Å²) in [5.74, 6) is -0.191. The van der Waals surface area contributed by atoms with Crippen molar-refractivity contribution in [1.82, 2.24) is 9.55 Å². The second-order valence-corrected chi connectivity index (χ2v) is 5.36. The Balaban J connectivity index is 1.99. The molecule has 0 bridgehead atoms. The molecule has 1 aromatic carbocycles. The van der Waals surface area contributed by atoms with E-state index in [4.69, 9.17) is 5.73 Å². The molecule has 0 aliphatic carbocycles. The number of anilines is 2. The number of amides is 1. The summed E-state index contributed by atoms with van der Waals surface area (Å²) in [6.07, 6.45) is 1.61. The number of carbonyl (C=O) groups is 1. The van der Waals surface area contributed by atoms with E-state index in [0.29, 0.717) is 21.5 Å². The third-order valence-corrected chi connectivity index (χ3v) is 3.82. The van der Waals surface area contributed by atoms with Gasteiger partial charge in [-0.1, -0.05) is 6.07 Å². The molecule has 0 saturated heterocycles. The number of aromatic nitrogens is 2. The Labute approximate surface area is 130 Å². The number of hydrogen-bond donors (Lipinski definition) is 2. The summed E-state index contributed by atoms with van der Waals surface area (Å²) in [5.41, 5.74) is 7.28. The molecule has 3 N–H and O–H groups in total. The molecule has 1 aromatic heterocycles. The van der Waals surface area contributed by atoms with E-state index in [1.165, 1.54) is 10.9 Å². The van der Waals surface area contributed by atoms with E-state index in [1.54, 1.807) is 31.2 Å². The highest BCUT2D eigenvalue weighted by molar-refractivity contribution is 9.10. The third-order valence-electron chi connectivity index (χ3n) is 2.91. The number of rotatable bonds is 4. The average Bonchev–Trinajstić information content (AvgIpc) is 2.44. The summed E-state index contributed by atoms with van der Waals surface area (Å²) in [6, 6.07) is 6.93. The Morgan fingerprint density at radius 1 is 1.48 bits per heavy atom. The number of hydrogen-bond acceptors (Lipinski definition) is 4. The van der Waals surface area contributed by atoms with Crippen LogP contribution in [0, 0.1) is 6.92 Å². The maximum Gasteiger partial charge on any atom is 0.267 e. The van der Waals surface area contributed by atoms with Crippen LogP contribution in [0.3, 0.4) is 0 Å². The SMILES string of the molecule is Cc1ncn(CCC(=O)Nc2cccc(N)c2)c(=O)c1Br. The molecule has 0 aliphatic heterocycles. The van der Waals surface area contributed by atoms with E-state index in [0.717, 1.165) is 0 Å². The van der Waals surface area contributed by atoms with Gasteiger partial charge >= 0.3 is 0 Å². The zero-order valence-electron chi connectivity index (χ0n) is 11.5. The van der Waals surface area contributed by atoms with Gasteiger partial charge in [-0.25, -0.2) is 4.98 Å². The van der Waals surface area contributed by atoms with Gasteiger partial charge in [-0.3, -0.25) is 14.2 Å². The van der Waals surface area contributed by atoms with Crippen molar-refractivity contribution < 1.29 is 4.79 Å². The fourth-order valence-electron chi connectivity index (χ4n) is 1.77. The minimum Gasteiger partial charge on any atom is -0.399 e. The van der Waals surface area contributed by atoms with Crippen molar-refractivity contribution in [2.24, 2.45) is 0 Å². The van der Waals surface area contributed by atoms with E-state index in [-0.39, 0.29) is 24.4 Å². The average molecular weight is 351 g/mol. The lowest BCUT2D eigenvalue weighted by atomic mass is 10.2. The van der Waals surface area contributed by atoms with Gasteiger partial charge in [0.05, 0.1) is 12.0 Å². The van der Waals surface area contributed by atoms with Crippen molar-refractivity contribution in [3.63, 3.8) is 0 Å². The van der Waals surface area contributed by atoms with Crippen LogP contribution in [-0.4, -0.2) is 15.5 Å². The molecule has 2 rings (SSSR count). The van der Waals surface area contributed by atoms with Crippen LogP contribution >= 0.6 is 15.9 Å². The number of halogens is 1. The monoisotopic (exact) mass is 350 g/mol. The summed E-state index contributed by atoms with van der Waals surface area (Å²) in [6.45, 7) is 2.00. The van der Waals surface area contributed by atoms with Crippen molar-refractivity contribution >= 4 is 33.2 Å². The fourth-order valence-corrected chi connectivity index (χ4v) is 2.10. The molecular weight excluding hydrogens is 336 g/mol. The van der Waals surface area contributed by atoms with Gasteiger partial charge < -0.3 is 11.1 Å². The number of nitrogen functional groups attached to an aromatic ring is 1. The van der Waals surface area contributed by atoms with Gasteiger partial charge in [0, 0.05) is 24.3 Å². The highest BCUT2D eigenvalue weighted by atomic mass is 79.9. The molecule has 0 radical (unpaired) electrons. The maximum atomic E-state index is 11.9. The molecule has 0 spiro atoms. The summed E-state index contributed by atoms with van der Waals surface area (Å²) in [5, 5.41) is 2.73. The summed E-state index contributed by atoms with van der Waals surface area (Å²) >= 11 is 3.19. The van der Waals surface area contributed by atoms with Crippen molar-refractivity contribution in [3.8, 4) is 0 Å². The Bertz CT molecular complexity index is 727. The molecular formula is C14H15BrN4O2. The van der Waals surface area contributed by atoms with E-state index in [9.17, 15) is 9.59 Å². The number of nitrogens with two attached hydrogens (primary N) is 1. The minimum atomic E-state index is -0.195. The lowest BCUT2D eigenvalue weighted by molar-refractivity contribution is -0.116. The molecule has 21 heavy (non-hydrogen) atoms. The topological polar surface area (TPSA) is 90.0 Å². The molecule has 110 valence electrons. The predicted molar refractivity (Wildman–Crippen MR) is 85.0 cm³/mol. The number of nitrogens with one attached hydrogen (secondary N) is 1. The molecule has 0 fully saturated rings. The fraction of sp³-hybridized carbons (Fsp3) is 0.214. The van der Waals surface area contributed by atoms with E-state index < -0.39 is 0 Å². The van der Waals surface area contributed by atoms with Crippen LogP contribution in [0.25, 0.3) is 0 Å². The number of carbonyl (C=O) groups excluding carboxylic acids is 1. The van der Waals surface area contributed by atoms with Gasteiger partial charge in [0.1, 0.15) is 4.47 Å². The van der Waals surface area contributed by atoms with Gasteiger partial charge in [0.15, 0.2) is 0 Å². The second-order valence-electron chi connectivity index (χ2n) is 4.57. The van der Waals surface area contributed by atoms with Gasteiger partial charge in [0.2, 0.25) is 5.91 Å². The number of aryl methyl sites for hydroxylation is 2. The zero-order valence-corrected chi connectivity index (χ0v) is 13.1. The quantitative estimate of drug-likeness (QED) is 0.824. The zero-order chi connectivity index (χ0) is 15.4. The predicted octanol–water partition coefficient (Wildman–Crippen LogP) is 1.93. The Morgan fingerprint density at radius 3 is 2.95 bits per heavy atom. The molecule has 1 heterocycles. The summed E-state index contributed by atoms with van der Waals surface area (Å²) in [7, 11) is 0. The van der Waals surface area contributed by atoms with Gasteiger partial charge in [-0.15, -0.1) is 0 Å². The highest BCUT2D eigenvalue weighted by Crippen LogP contribution is 2.12. The van der Waals surface area contributed by atoms with Crippen LogP contribution < -0.4 is 16.6 Å². The Hall–Kier alpha value is -2.15. The van der Waals surface area contributed by atoms with E-state index in [2.05, 4.69) is 26.2 Å². The standard InChI is InChI=1S/C14H15BrN4O2/c1-9-13(15)14(21)19(8-17-9)6-5-12(20)18-11-4-2-3-10(16)7-11/h2-4,7-8H,5-6,16H2,1H3,(H,18,20). The van der Waals surface area contributed by atoms with Crippen molar-refractivity contribution in [1.29, 1.82) is 0 Å². The molecule has 0 saturated carbocycles.